The van der Waals surface area contributed by atoms with Gasteiger partial charge in [0.25, 0.3) is 5.91 Å². The number of ether oxygens (including phenoxy) is 1. The van der Waals surface area contributed by atoms with Gasteiger partial charge in [0, 0.05) is 25.6 Å². The molecule has 2 aliphatic heterocycles. The maximum Gasteiger partial charge on any atom is 0.408 e. The summed E-state index contributed by atoms with van der Waals surface area (Å²) < 4.78 is 5.16. The van der Waals surface area contributed by atoms with Crippen LogP contribution in [0.3, 0.4) is 0 Å². The number of Topliss-reactive ketones (excluding diaryl/α,β-unsaturated/α-hetero) is 1. The van der Waals surface area contributed by atoms with Gasteiger partial charge in [0.1, 0.15) is 11.6 Å². The highest BCUT2D eigenvalue weighted by atomic mass is 16.6. The Morgan fingerprint density at radius 1 is 1.33 bits per heavy atom. The van der Waals surface area contributed by atoms with Gasteiger partial charge in [-0.3, -0.25) is 14.4 Å². The van der Waals surface area contributed by atoms with E-state index in [1.54, 1.807) is 20.8 Å². The van der Waals surface area contributed by atoms with E-state index in [1.165, 1.54) is 4.90 Å². The highest BCUT2D eigenvalue weighted by Crippen LogP contribution is 2.18. The number of hydrogen-bond donors (Lipinski definition) is 2. The molecular formula is C16H25N3O5. The molecule has 2 saturated heterocycles. The van der Waals surface area contributed by atoms with Crippen molar-refractivity contribution in [3.8, 4) is 0 Å². The van der Waals surface area contributed by atoms with Crippen molar-refractivity contribution in [3.05, 3.63) is 0 Å². The number of ketones is 1. The Labute approximate surface area is 141 Å². The SMILES string of the molecule is CC(C)(C)OC(=O)N[C@@H](C[C@@H]1CCNC1=O)C(=O)C(=O)N1CCC1. The second kappa shape index (κ2) is 7.19. The molecule has 134 valence electrons. The lowest BCUT2D eigenvalue weighted by atomic mass is 9.95. The summed E-state index contributed by atoms with van der Waals surface area (Å²) in [6, 6.07) is -1.05. The van der Waals surface area contributed by atoms with Crippen LogP contribution in [-0.2, 0) is 19.1 Å². The van der Waals surface area contributed by atoms with Crippen LogP contribution in [0.25, 0.3) is 0 Å². The quantitative estimate of drug-likeness (QED) is 0.697. The van der Waals surface area contributed by atoms with E-state index in [1.807, 2.05) is 0 Å². The number of likely N-dealkylation sites (tertiary alicyclic amines) is 1. The molecule has 24 heavy (non-hydrogen) atoms. The number of nitrogens with zero attached hydrogens (tertiary/aromatic N) is 1. The van der Waals surface area contributed by atoms with E-state index in [2.05, 4.69) is 10.6 Å². The zero-order valence-electron chi connectivity index (χ0n) is 14.4. The first-order valence-electron chi connectivity index (χ1n) is 8.28. The number of hydrogen-bond acceptors (Lipinski definition) is 5. The van der Waals surface area contributed by atoms with E-state index in [0.717, 1.165) is 6.42 Å². The molecular weight excluding hydrogens is 314 g/mol. The molecule has 0 unspecified atom stereocenters. The molecule has 0 aromatic carbocycles. The van der Waals surface area contributed by atoms with Gasteiger partial charge in [-0.1, -0.05) is 0 Å². The van der Waals surface area contributed by atoms with Crippen molar-refractivity contribution in [2.75, 3.05) is 19.6 Å². The molecule has 2 heterocycles. The van der Waals surface area contributed by atoms with E-state index in [9.17, 15) is 19.2 Å². The molecule has 2 atom stereocenters. The Kier molecular flexibility index (Phi) is 5.46. The van der Waals surface area contributed by atoms with E-state index < -0.39 is 35.3 Å². The van der Waals surface area contributed by atoms with Crippen molar-refractivity contribution in [1.29, 1.82) is 0 Å². The van der Waals surface area contributed by atoms with Gasteiger partial charge in [0.05, 0.1) is 0 Å². The first-order valence-corrected chi connectivity index (χ1v) is 8.28. The molecule has 0 aromatic heterocycles. The zero-order valence-corrected chi connectivity index (χ0v) is 14.4. The van der Waals surface area contributed by atoms with Crippen molar-refractivity contribution in [3.63, 3.8) is 0 Å². The number of amides is 3. The van der Waals surface area contributed by atoms with Gasteiger partial charge < -0.3 is 20.3 Å². The molecule has 0 aliphatic carbocycles. The maximum absolute atomic E-state index is 12.5. The van der Waals surface area contributed by atoms with Gasteiger partial charge in [-0.15, -0.1) is 0 Å². The Balaban J connectivity index is 2.04. The fourth-order valence-corrected chi connectivity index (χ4v) is 2.66. The molecule has 0 radical (unpaired) electrons. The van der Waals surface area contributed by atoms with Gasteiger partial charge in [-0.05, 0) is 40.0 Å². The molecule has 2 rings (SSSR count). The lowest BCUT2D eigenvalue weighted by Gasteiger charge is -2.32. The van der Waals surface area contributed by atoms with Crippen LogP contribution >= 0.6 is 0 Å². The largest absolute Gasteiger partial charge is 0.444 e. The molecule has 8 nitrogen and oxygen atoms in total. The van der Waals surface area contributed by atoms with Crippen LogP contribution in [0.1, 0.15) is 40.0 Å². The predicted molar refractivity (Wildman–Crippen MR) is 85.1 cm³/mol. The predicted octanol–water partition coefficient (Wildman–Crippen LogP) is 0.207. The molecule has 2 fully saturated rings. The minimum atomic E-state index is -1.05. The van der Waals surface area contributed by atoms with Gasteiger partial charge in [0.2, 0.25) is 11.7 Å². The smallest absolute Gasteiger partial charge is 0.408 e. The average Bonchev–Trinajstić information content (AvgIpc) is 2.78. The van der Waals surface area contributed by atoms with Gasteiger partial charge >= 0.3 is 6.09 Å². The number of carbonyl (C=O) groups is 4. The molecule has 8 heteroatoms. The Bertz CT molecular complexity index is 536. The normalized spacial score (nSPS) is 21.5. The van der Waals surface area contributed by atoms with Gasteiger partial charge in [-0.2, -0.15) is 0 Å². The summed E-state index contributed by atoms with van der Waals surface area (Å²) in [6.45, 7) is 6.76. The minimum Gasteiger partial charge on any atom is -0.444 e. The molecule has 2 aliphatic rings. The third-order valence-corrected chi connectivity index (χ3v) is 4.04. The molecule has 2 N–H and O–H groups in total. The van der Waals surface area contributed by atoms with E-state index in [0.29, 0.717) is 26.1 Å². The van der Waals surface area contributed by atoms with Crippen LogP contribution in [0.15, 0.2) is 0 Å². The zero-order chi connectivity index (χ0) is 17.9. The summed E-state index contributed by atoms with van der Waals surface area (Å²) in [4.78, 5) is 49.8. The number of alkyl carbamates (subject to hydrolysis) is 1. The van der Waals surface area contributed by atoms with Crippen LogP contribution < -0.4 is 10.6 Å². The lowest BCUT2D eigenvalue weighted by Crippen LogP contribution is -2.53. The second-order valence-electron chi connectivity index (χ2n) is 7.22. The standard InChI is InChI=1S/C16H25N3O5/c1-16(2,3)24-15(23)18-11(9-10-5-6-17-13(10)21)12(20)14(22)19-7-4-8-19/h10-11H,4-9H2,1-3H3,(H,17,21)(H,18,23)/t10-,11-/m0/s1. The third kappa shape index (κ3) is 4.69. The van der Waals surface area contributed by atoms with Crippen molar-refractivity contribution in [2.45, 2.75) is 51.7 Å². The van der Waals surface area contributed by atoms with Crippen molar-refractivity contribution in [1.82, 2.24) is 15.5 Å². The van der Waals surface area contributed by atoms with Crippen LogP contribution in [0, 0.1) is 5.92 Å². The second-order valence-corrected chi connectivity index (χ2v) is 7.22. The van der Waals surface area contributed by atoms with Crippen LogP contribution in [-0.4, -0.2) is 59.9 Å². The van der Waals surface area contributed by atoms with Crippen molar-refractivity contribution in [2.24, 2.45) is 5.92 Å². The van der Waals surface area contributed by atoms with Crippen molar-refractivity contribution >= 4 is 23.7 Å². The number of rotatable bonds is 5. The fourth-order valence-electron chi connectivity index (χ4n) is 2.66. The average molecular weight is 339 g/mol. The first-order chi connectivity index (χ1) is 11.2. The number of nitrogens with one attached hydrogen (secondary N) is 2. The summed E-state index contributed by atoms with van der Waals surface area (Å²) >= 11 is 0. The number of carbonyl (C=O) groups excluding carboxylic acids is 4. The van der Waals surface area contributed by atoms with Crippen LogP contribution in [0.4, 0.5) is 4.79 Å². The third-order valence-electron chi connectivity index (χ3n) is 4.04. The molecule has 0 bridgehead atoms. The monoisotopic (exact) mass is 339 g/mol. The first kappa shape index (κ1) is 18.2. The Morgan fingerprint density at radius 3 is 2.46 bits per heavy atom. The summed E-state index contributed by atoms with van der Waals surface area (Å²) in [5.74, 6) is -1.85. The Morgan fingerprint density at radius 2 is 2.00 bits per heavy atom. The topological polar surface area (TPSA) is 105 Å². The maximum atomic E-state index is 12.5. The fraction of sp³-hybridized carbons (Fsp3) is 0.750. The molecule has 0 saturated carbocycles. The highest BCUT2D eigenvalue weighted by molar-refractivity contribution is 6.38. The summed E-state index contributed by atoms with van der Waals surface area (Å²) in [7, 11) is 0. The van der Waals surface area contributed by atoms with E-state index >= 15 is 0 Å². The van der Waals surface area contributed by atoms with Gasteiger partial charge in [0.15, 0.2) is 0 Å². The molecule has 3 amide bonds. The molecule has 0 spiro atoms. The minimum absolute atomic E-state index is 0.101. The Hall–Kier alpha value is -2.12. The summed E-state index contributed by atoms with van der Waals surface area (Å²) in [5, 5.41) is 5.16. The summed E-state index contributed by atoms with van der Waals surface area (Å²) in [5.41, 5.74) is -0.718. The molecule has 0 aromatic rings. The summed E-state index contributed by atoms with van der Waals surface area (Å²) in [6.07, 6.45) is 0.782. The van der Waals surface area contributed by atoms with Crippen molar-refractivity contribution < 1.29 is 23.9 Å². The highest BCUT2D eigenvalue weighted by Gasteiger charge is 2.37. The van der Waals surface area contributed by atoms with E-state index in [4.69, 9.17) is 4.74 Å². The van der Waals surface area contributed by atoms with Crippen LogP contribution in [0.5, 0.6) is 0 Å². The van der Waals surface area contributed by atoms with Gasteiger partial charge in [-0.25, -0.2) is 4.79 Å². The van der Waals surface area contributed by atoms with Crippen LogP contribution in [0.2, 0.25) is 0 Å². The van der Waals surface area contributed by atoms with E-state index in [-0.39, 0.29) is 12.3 Å². The lowest BCUT2D eigenvalue weighted by molar-refractivity contribution is -0.148.